The van der Waals surface area contributed by atoms with E-state index < -0.39 is 0 Å². The smallest absolute Gasteiger partial charge is 0.279 e. The van der Waals surface area contributed by atoms with Gasteiger partial charge in [0.1, 0.15) is 0 Å². The lowest BCUT2D eigenvalue weighted by Gasteiger charge is -2.07. The van der Waals surface area contributed by atoms with Crippen LogP contribution in [0.5, 0.6) is 0 Å². The van der Waals surface area contributed by atoms with Crippen molar-refractivity contribution in [2.24, 2.45) is 0 Å². The molecule has 1 aromatic heterocycles. The molecule has 0 aliphatic rings. The molecule has 0 bridgehead atoms. The van der Waals surface area contributed by atoms with E-state index in [-0.39, 0.29) is 5.56 Å². The highest BCUT2D eigenvalue weighted by molar-refractivity contribution is 9.10. The van der Waals surface area contributed by atoms with Gasteiger partial charge in [0.25, 0.3) is 5.56 Å². The number of H-pyrrole nitrogens is 1. The van der Waals surface area contributed by atoms with Crippen molar-refractivity contribution in [3.05, 3.63) is 68.9 Å². The van der Waals surface area contributed by atoms with Crippen molar-refractivity contribution in [3.63, 3.8) is 0 Å². The average molecular weight is 357 g/mol. The second-order valence-corrected chi connectivity index (χ2v) is 5.66. The Hall–Kier alpha value is -2.47. The highest BCUT2D eigenvalue weighted by Gasteiger charge is 2.07. The number of aromatic nitrogens is 3. The Labute approximate surface area is 135 Å². The Morgan fingerprint density at radius 3 is 2.55 bits per heavy atom. The van der Waals surface area contributed by atoms with E-state index >= 15 is 0 Å². The standard InChI is InChI=1S/C16H13BrN4O/c1-10-9-12(7-8-13(10)17)18-16-19-15(22)14(20-21-16)11-5-3-2-4-6-11/h2-9H,1H3,(H2,18,19,21,22). The Balaban J connectivity index is 1.89. The summed E-state index contributed by atoms with van der Waals surface area (Å²) in [4.78, 5) is 14.9. The predicted octanol–water partition coefficient (Wildman–Crippen LogP) is 3.65. The first kappa shape index (κ1) is 14.5. The highest BCUT2D eigenvalue weighted by Crippen LogP contribution is 2.21. The van der Waals surface area contributed by atoms with E-state index in [1.807, 2.05) is 55.5 Å². The van der Waals surface area contributed by atoms with Crippen molar-refractivity contribution in [1.29, 1.82) is 0 Å². The zero-order valence-electron chi connectivity index (χ0n) is 11.8. The van der Waals surface area contributed by atoms with Crippen molar-refractivity contribution in [1.82, 2.24) is 15.2 Å². The summed E-state index contributed by atoms with van der Waals surface area (Å²) in [5.41, 5.74) is 2.68. The molecular formula is C16H13BrN4O. The Bertz CT molecular complexity index is 862. The monoisotopic (exact) mass is 356 g/mol. The molecule has 3 rings (SSSR count). The van der Waals surface area contributed by atoms with E-state index in [1.165, 1.54) is 0 Å². The highest BCUT2D eigenvalue weighted by atomic mass is 79.9. The first-order chi connectivity index (χ1) is 10.6. The second-order valence-electron chi connectivity index (χ2n) is 4.81. The van der Waals surface area contributed by atoms with Gasteiger partial charge < -0.3 is 5.32 Å². The summed E-state index contributed by atoms with van der Waals surface area (Å²) in [7, 11) is 0. The van der Waals surface area contributed by atoms with Gasteiger partial charge in [-0.2, -0.15) is 0 Å². The zero-order chi connectivity index (χ0) is 15.5. The van der Waals surface area contributed by atoms with E-state index in [4.69, 9.17) is 0 Å². The Kier molecular flexibility index (Phi) is 4.02. The number of rotatable bonds is 3. The molecule has 0 spiro atoms. The van der Waals surface area contributed by atoms with E-state index in [2.05, 4.69) is 36.4 Å². The number of anilines is 2. The molecule has 0 saturated carbocycles. The molecule has 2 aromatic carbocycles. The van der Waals surface area contributed by atoms with Crippen LogP contribution < -0.4 is 10.9 Å². The largest absolute Gasteiger partial charge is 0.324 e. The van der Waals surface area contributed by atoms with Gasteiger partial charge in [0.05, 0.1) is 0 Å². The summed E-state index contributed by atoms with van der Waals surface area (Å²) < 4.78 is 1.03. The summed E-state index contributed by atoms with van der Waals surface area (Å²) >= 11 is 3.45. The van der Waals surface area contributed by atoms with E-state index in [0.717, 1.165) is 21.3 Å². The first-order valence-electron chi connectivity index (χ1n) is 6.69. The van der Waals surface area contributed by atoms with Gasteiger partial charge in [-0.1, -0.05) is 46.3 Å². The van der Waals surface area contributed by atoms with Gasteiger partial charge in [-0.25, -0.2) is 0 Å². The van der Waals surface area contributed by atoms with Crippen molar-refractivity contribution >= 4 is 27.6 Å². The van der Waals surface area contributed by atoms with Crippen LogP contribution in [0, 0.1) is 6.92 Å². The molecule has 110 valence electrons. The molecule has 1 heterocycles. The molecule has 0 atom stereocenters. The molecule has 5 nitrogen and oxygen atoms in total. The molecular weight excluding hydrogens is 344 g/mol. The quantitative estimate of drug-likeness (QED) is 0.751. The van der Waals surface area contributed by atoms with Gasteiger partial charge >= 0.3 is 0 Å². The van der Waals surface area contributed by atoms with E-state index in [1.54, 1.807) is 0 Å². The number of hydrogen-bond donors (Lipinski definition) is 2. The lowest BCUT2D eigenvalue weighted by Crippen LogP contribution is -2.15. The fourth-order valence-corrected chi connectivity index (χ4v) is 2.28. The predicted molar refractivity (Wildman–Crippen MR) is 90.3 cm³/mol. The lowest BCUT2D eigenvalue weighted by atomic mass is 10.2. The Morgan fingerprint density at radius 2 is 1.86 bits per heavy atom. The minimum absolute atomic E-state index is 0.280. The number of nitrogens with one attached hydrogen (secondary N) is 2. The van der Waals surface area contributed by atoms with Gasteiger partial charge in [-0.3, -0.25) is 9.78 Å². The summed E-state index contributed by atoms with van der Waals surface area (Å²) in [6, 6.07) is 15.0. The third-order valence-electron chi connectivity index (χ3n) is 3.16. The fourth-order valence-electron chi connectivity index (χ4n) is 2.04. The minimum Gasteiger partial charge on any atom is -0.324 e. The molecule has 0 fully saturated rings. The van der Waals surface area contributed by atoms with Crippen LogP contribution in [0.15, 0.2) is 57.8 Å². The maximum Gasteiger partial charge on any atom is 0.279 e. The van der Waals surface area contributed by atoms with Gasteiger partial charge in [0.2, 0.25) is 5.95 Å². The molecule has 6 heteroatoms. The van der Waals surface area contributed by atoms with Crippen LogP contribution in [0.25, 0.3) is 11.3 Å². The molecule has 2 N–H and O–H groups in total. The van der Waals surface area contributed by atoms with Crippen LogP contribution in [0.3, 0.4) is 0 Å². The second kappa shape index (κ2) is 6.11. The zero-order valence-corrected chi connectivity index (χ0v) is 13.4. The number of hydrogen-bond acceptors (Lipinski definition) is 4. The summed E-state index contributed by atoms with van der Waals surface area (Å²) in [6.07, 6.45) is 0. The third kappa shape index (κ3) is 3.07. The third-order valence-corrected chi connectivity index (χ3v) is 4.05. The van der Waals surface area contributed by atoms with Crippen LogP contribution in [-0.4, -0.2) is 15.2 Å². The van der Waals surface area contributed by atoms with Crippen LogP contribution in [0.4, 0.5) is 11.6 Å². The molecule has 0 saturated heterocycles. The number of halogens is 1. The van der Waals surface area contributed by atoms with Crippen LogP contribution in [-0.2, 0) is 0 Å². The van der Waals surface area contributed by atoms with Crippen molar-refractivity contribution in [2.75, 3.05) is 5.32 Å². The maximum absolute atomic E-state index is 12.1. The van der Waals surface area contributed by atoms with Crippen LogP contribution >= 0.6 is 15.9 Å². The van der Waals surface area contributed by atoms with Crippen LogP contribution in [0.2, 0.25) is 0 Å². The number of benzene rings is 2. The van der Waals surface area contributed by atoms with E-state index in [9.17, 15) is 4.79 Å². The Morgan fingerprint density at radius 1 is 1.09 bits per heavy atom. The molecule has 0 aliphatic heterocycles. The molecule has 0 unspecified atom stereocenters. The SMILES string of the molecule is Cc1cc(Nc2nnc(-c3ccccc3)c(=O)[nH]2)ccc1Br. The molecule has 0 radical (unpaired) electrons. The number of nitrogens with zero attached hydrogens (tertiary/aromatic N) is 2. The van der Waals surface area contributed by atoms with Crippen molar-refractivity contribution in [2.45, 2.75) is 6.92 Å². The normalized spacial score (nSPS) is 10.5. The van der Waals surface area contributed by atoms with Crippen molar-refractivity contribution < 1.29 is 0 Å². The van der Waals surface area contributed by atoms with Crippen LogP contribution in [0.1, 0.15) is 5.56 Å². The maximum atomic E-state index is 12.1. The molecule has 3 aromatic rings. The summed E-state index contributed by atoms with van der Waals surface area (Å²) in [6.45, 7) is 1.99. The topological polar surface area (TPSA) is 70.7 Å². The fraction of sp³-hybridized carbons (Fsp3) is 0.0625. The van der Waals surface area contributed by atoms with Gasteiger partial charge in [0.15, 0.2) is 5.69 Å². The van der Waals surface area contributed by atoms with Gasteiger partial charge in [-0.05, 0) is 30.7 Å². The number of aromatic amines is 1. The summed E-state index contributed by atoms with van der Waals surface area (Å²) in [5, 5.41) is 11.1. The van der Waals surface area contributed by atoms with Gasteiger partial charge in [-0.15, -0.1) is 10.2 Å². The summed E-state index contributed by atoms with van der Waals surface area (Å²) in [5.74, 6) is 0.311. The average Bonchev–Trinajstić information content (AvgIpc) is 2.52. The van der Waals surface area contributed by atoms with Gasteiger partial charge in [0, 0.05) is 15.7 Å². The minimum atomic E-state index is -0.280. The number of aryl methyl sites for hydroxylation is 1. The van der Waals surface area contributed by atoms with Crippen molar-refractivity contribution in [3.8, 4) is 11.3 Å². The first-order valence-corrected chi connectivity index (χ1v) is 7.48. The molecule has 0 aliphatic carbocycles. The molecule has 0 amide bonds. The lowest BCUT2D eigenvalue weighted by molar-refractivity contribution is 0.962. The molecule has 22 heavy (non-hydrogen) atoms. The van der Waals surface area contributed by atoms with E-state index in [0.29, 0.717) is 11.6 Å².